The van der Waals surface area contributed by atoms with Crippen LogP contribution in [0.4, 0.5) is 10.6 Å². The van der Waals surface area contributed by atoms with Crippen molar-refractivity contribution in [1.82, 2.24) is 19.3 Å². The third kappa shape index (κ3) is 4.29. The molecule has 1 unspecified atom stereocenters. The van der Waals surface area contributed by atoms with Crippen LogP contribution in [0.5, 0.6) is 11.5 Å². The van der Waals surface area contributed by atoms with E-state index in [0.717, 1.165) is 24.2 Å². The van der Waals surface area contributed by atoms with E-state index in [2.05, 4.69) is 31.2 Å². The van der Waals surface area contributed by atoms with Gasteiger partial charge in [-0.1, -0.05) is 11.6 Å². The lowest BCUT2D eigenvalue weighted by Gasteiger charge is -2.30. The summed E-state index contributed by atoms with van der Waals surface area (Å²) in [4.78, 5) is 22.0. The first-order valence-corrected chi connectivity index (χ1v) is 11.2. The SMILES string of the molecule is COc1ccc(CNc2nc(Br)c(Cl)n3c(C4CCCN(C(=O)O)C4)ncc23)c(OC)c1. The van der Waals surface area contributed by atoms with E-state index >= 15 is 0 Å². The number of aromatic nitrogens is 3. The molecular weight excluding hydrogens is 502 g/mol. The summed E-state index contributed by atoms with van der Waals surface area (Å²) >= 11 is 10.0. The molecule has 0 radical (unpaired) electrons. The van der Waals surface area contributed by atoms with Crippen molar-refractivity contribution < 1.29 is 19.4 Å². The number of carboxylic acid groups (broad SMARTS) is 1. The molecule has 3 heterocycles. The van der Waals surface area contributed by atoms with Crippen molar-refractivity contribution in [2.75, 3.05) is 32.6 Å². The largest absolute Gasteiger partial charge is 0.497 e. The van der Waals surface area contributed by atoms with E-state index < -0.39 is 6.09 Å². The van der Waals surface area contributed by atoms with Crippen molar-refractivity contribution in [3.05, 3.63) is 45.5 Å². The average molecular weight is 525 g/mol. The maximum atomic E-state index is 11.4. The van der Waals surface area contributed by atoms with Gasteiger partial charge in [-0.25, -0.2) is 14.8 Å². The zero-order valence-electron chi connectivity index (χ0n) is 17.6. The number of nitrogens with zero attached hydrogens (tertiary/aromatic N) is 4. The highest BCUT2D eigenvalue weighted by molar-refractivity contribution is 9.10. The minimum Gasteiger partial charge on any atom is -0.497 e. The number of methoxy groups -OCH3 is 2. The molecule has 32 heavy (non-hydrogen) atoms. The average Bonchev–Trinajstić information content (AvgIpc) is 3.26. The molecule has 1 aliphatic rings. The summed E-state index contributed by atoms with van der Waals surface area (Å²) in [6.07, 6.45) is 2.41. The van der Waals surface area contributed by atoms with E-state index in [9.17, 15) is 9.90 Å². The number of amides is 1. The van der Waals surface area contributed by atoms with Gasteiger partial charge in [0.1, 0.15) is 32.6 Å². The van der Waals surface area contributed by atoms with Crippen LogP contribution in [0.25, 0.3) is 5.52 Å². The number of piperidine rings is 1. The second kappa shape index (κ2) is 9.41. The first-order chi connectivity index (χ1) is 15.4. The van der Waals surface area contributed by atoms with E-state index in [1.54, 1.807) is 20.4 Å². The molecule has 0 saturated carbocycles. The molecule has 2 N–H and O–H groups in total. The van der Waals surface area contributed by atoms with E-state index in [1.807, 2.05) is 22.6 Å². The van der Waals surface area contributed by atoms with Crippen LogP contribution in [0.2, 0.25) is 5.15 Å². The smallest absolute Gasteiger partial charge is 0.407 e. The number of anilines is 1. The topological polar surface area (TPSA) is 101 Å². The van der Waals surface area contributed by atoms with Crippen LogP contribution in [0.15, 0.2) is 29.0 Å². The Kier molecular flexibility index (Phi) is 6.61. The molecule has 1 amide bonds. The summed E-state index contributed by atoms with van der Waals surface area (Å²) < 4.78 is 13.0. The molecular formula is C21H23BrClN5O4. The molecule has 1 aliphatic heterocycles. The van der Waals surface area contributed by atoms with Crippen molar-refractivity contribution in [3.63, 3.8) is 0 Å². The summed E-state index contributed by atoms with van der Waals surface area (Å²) in [6, 6.07) is 5.62. The third-order valence-corrected chi connectivity index (χ3v) is 6.74. The monoisotopic (exact) mass is 523 g/mol. The molecule has 11 heteroatoms. The van der Waals surface area contributed by atoms with Gasteiger partial charge in [-0.3, -0.25) is 4.40 Å². The van der Waals surface area contributed by atoms with Crippen LogP contribution in [0.3, 0.4) is 0 Å². The van der Waals surface area contributed by atoms with Crippen molar-refractivity contribution in [3.8, 4) is 11.5 Å². The van der Waals surface area contributed by atoms with Gasteiger partial charge in [-0.2, -0.15) is 0 Å². The molecule has 0 bridgehead atoms. The van der Waals surface area contributed by atoms with Crippen LogP contribution in [0.1, 0.15) is 30.1 Å². The van der Waals surface area contributed by atoms with Crippen LogP contribution < -0.4 is 14.8 Å². The zero-order chi connectivity index (χ0) is 22.8. The minimum atomic E-state index is -0.916. The summed E-state index contributed by atoms with van der Waals surface area (Å²) in [7, 11) is 3.22. The van der Waals surface area contributed by atoms with Gasteiger partial charge in [0.25, 0.3) is 0 Å². The molecule has 0 spiro atoms. The zero-order valence-corrected chi connectivity index (χ0v) is 20.0. The second-order valence-electron chi connectivity index (χ2n) is 7.48. The Hall–Kier alpha value is -2.72. The quantitative estimate of drug-likeness (QED) is 0.485. The Bertz CT molecular complexity index is 1150. The molecule has 2 aromatic heterocycles. The highest BCUT2D eigenvalue weighted by Gasteiger charge is 2.28. The van der Waals surface area contributed by atoms with Gasteiger partial charge in [0.15, 0.2) is 5.82 Å². The van der Waals surface area contributed by atoms with Gasteiger partial charge in [0.2, 0.25) is 0 Å². The second-order valence-corrected chi connectivity index (χ2v) is 8.59. The molecule has 1 atom stereocenters. The molecule has 3 aromatic rings. The molecule has 0 aliphatic carbocycles. The van der Waals surface area contributed by atoms with Gasteiger partial charge in [-0.05, 0) is 40.9 Å². The molecule has 1 aromatic carbocycles. The Morgan fingerprint density at radius 2 is 2.19 bits per heavy atom. The first-order valence-electron chi connectivity index (χ1n) is 10.1. The number of fused-ring (bicyclic) bond motifs is 1. The number of hydrogen-bond acceptors (Lipinski definition) is 6. The van der Waals surface area contributed by atoms with Gasteiger partial charge in [-0.15, -0.1) is 0 Å². The van der Waals surface area contributed by atoms with E-state index in [-0.39, 0.29) is 5.92 Å². The number of carbonyl (C=O) groups is 1. The number of nitrogens with one attached hydrogen (secondary N) is 1. The first kappa shape index (κ1) is 22.5. The lowest BCUT2D eigenvalue weighted by atomic mass is 9.97. The molecule has 1 fully saturated rings. The fourth-order valence-corrected chi connectivity index (χ4v) is 4.56. The van der Waals surface area contributed by atoms with Crippen LogP contribution in [-0.4, -0.2) is 57.8 Å². The van der Waals surface area contributed by atoms with Crippen molar-refractivity contribution >= 4 is 45.0 Å². The third-order valence-electron chi connectivity index (χ3n) is 5.61. The Morgan fingerprint density at radius 3 is 2.91 bits per heavy atom. The molecule has 1 saturated heterocycles. The molecule has 170 valence electrons. The van der Waals surface area contributed by atoms with Crippen LogP contribution in [0, 0.1) is 0 Å². The lowest BCUT2D eigenvalue weighted by molar-refractivity contribution is 0.129. The number of benzene rings is 1. The Labute approximate surface area is 198 Å². The van der Waals surface area contributed by atoms with Crippen molar-refractivity contribution in [2.45, 2.75) is 25.3 Å². The van der Waals surface area contributed by atoms with E-state index in [4.69, 9.17) is 21.1 Å². The van der Waals surface area contributed by atoms with E-state index in [0.29, 0.717) is 52.2 Å². The number of halogens is 2. The van der Waals surface area contributed by atoms with Gasteiger partial charge >= 0.3 is 6.09 Å². The highest BCUT2D eigenvalue weighted by atomic mass is 79.9. The number of ether oxygens (including phenoxy) is 2. The summed E-state index contributed by atoms with van der Waals surface area (Å²) in [5.41, 5.74) is 1.65. The normalized spacial score (nSPS) is 16.2. The van der Waals surface area contributed by atoms with Crippen molar-refractivity contribution in [1.29, 1.82) is 0 Å². The number of imidazole rings is 1. The van der Waals surface area contributed by atoms with Crippen LogP contribution in [-0.2, 0) is 6.54 Å². The molecule has 9 nitrogen and oxygen atoms in total. The van der Waals surface area contributed by atoms with Gasteiger partial charge in [0, 0.05) is 37.2 Å². The molecule has 4 rings (SSSR count). The summed E-state index contributed by atoms with van der Waals surface area (Å²) in [6.45, 7) is 1.38. The summed E-state index contributed by atoms with van der Waals surface area (Å²) in [5.74, 6) is 2.69. The summed E-state index contributed by atoms with van der Waals surface area (Å²) in [5, 5.41) is 13.1. The number of likely N-dealkylation sites (tertiary alicyclic amines) is 1. The fraction of sp³-hybridized carbons (Fsp3) is 0.381. The number of hydrogen-bond donors (Lipinski definition) is 2. The standard InChI is InChI=1S/C21H23BrClN5O4/c1-31-14-6-5-12(16(8-14)32-2)9-24-19-15-10-25-20(28(15)18(23)17(22)26-19)13-4-3-7-27(11-13)21(29)30/h5-6,8,10,13H,3-4,7,9,11H2,1-2H3,(H,24,26)(H,29,30). The Morgan fingerprint density at radius 1 is 1.38 bits per heavy atom. The van der Waals surface area contributed by atoms with Gasteiger partial charge in [0.05, 0.1) is 20.4 Å². The highest BCUT2D eigenvalue weighted by Crippen LogP contribution is 2.34. The maximum absolute atomic E-state index is 11.4. The van der Waals surface area contributed by atoms with Crippen molar-refractivity contribution in [2.24, 2.45) is 0 Å². The van der Waals surface area contributed by atoms with Gasteiger partial charge < -0.3 is 24.8 Å². The lowest BCUT2D eigenvalue weighted by Crippen LogP contribution is -2.38. The predicted molar refractivity (Wildman–Crippen MR) is 124 cm³/mol. The van der Waals surface area contributed by atoms with Crippen LogP contribution >= 0.6 is 27.5 Å². The minimum absolute atomic E-state index is 0.0521. The van der Waals surface area contributed by atoms with E-state index in [1.165, 1.54) is 4.90 Å². The maximum Gasteiger partial charge on any atom is 0.407 e. The Balaban J connectivity index is 1.66. The number of rotatable bonds is 6. The predicted octanol–water partition coefficient (Wildman–Crippen LogP) is 4.63. The fourth-order valence-electron chi connectivity index (χ4n) is 3.99.